The standard InChI is InChI=1S/C23H30FN5O3.HI/c1-26-23(27-14-17-4-3-5-19(12-17)32-16-22(25)30)29-10-8-28(9-11-29)15-18-6-7-21(31-2)20(24)13-18;/h3-7,12-13H,8-11,14-16H2,1-2H3,(H2,25,30)(H,26,27);1H. The number of nitrogens with zero attached hydrogens (tertiary/aromatic N) is 3. The van der Waals surface area contributed by atoms with Crippen molar-refractivity contribution in [3.8, 4) is 11.5 Å². The van der Waals surface area contributed by atoms with Crippen LogP contribution in [0.2, 0.25) is 0 Å². The molecule has 1 heterocycles. The zero-order valence-corrected chi connectivity index (χ0v) is 21.3. The fourth-order valence-corrected chi connectivity index (χ4v) is 3.60. The molecular weight excluding hydrogens is 540 g/mol. The molecule has 33 heavy (non-hydrogen) atoms. The smallest absolute Gasteiger partial charge is 0.255 e. The highest BCUT2D eigenvalue weighted by Gasteiger charge is 2.20. The van der Waals surface area contributed by atoms with Gasteiger partial charge in [0.05, 0.1) is 7.11 Å². The van der Waals surface area contributed by atoms with Crippen molar-refractivity contribution in [3.63, 3.8) is 0 Å². The Balaban J connectivity index is 0.00000385. The van der Waals surface area contributed by atoms with Gasteiger partial charge in [0.2, 0.25) is 0 Å². The number of benzene rings is 2. The van der Waals surface area contributed by atoms with Crippen LogP contribution in [0.1, 0.15) is 11.1 Å². The van der Waals surface area contributed by atoms with E-state index in [2.05, 4.69) is 20.1 Å². The quantitative estimate of drug-likeness (QED) is 0.287. The summed E-state index contributed by atoms with van der Waals surface area (Å²) in [6, 6.07) is 12.6. The maximum absolute atomic E-state index is 13.9. The second-order valence-corrected chi connectivity index (χ2v) is 7.54. The van der Waals surface area contributed by atoms with Gasteiger partial charge in [-0.25, -0.2) is 4.39 Å². The van der Waals surface area contributed by atoms with Gasteiger partial charge >= 0.3 is 0 Å². The fraction of sp³-hybridized carbons (Fsp3) is 0.391. The fourth-order valence-electron chi connectivity index (χ4n) is 3.60. The SMILES string of the molecule is CN=C(NCc1cccc(OCC(N)=O)c1)N1CCN(Cc2ccc(OC)c(F)c2)CC1.I. The van der Waals surface area contributed by atoms with Crippen LogP contribution in [0.4, 0.5) is 4.39 Å². The van der Waals surface area contributed by atoms with Crippen molar-refractivity contribution in [2.45, 2.75) is 13.1 Å². The molecule has 2 aromatic rings. The van der Waals surface area contributed by atoms with E-state index in [-0.39, 0.29) is 42.2 Å². The molecule has 0 saturated carbocycles. The number of rotatable bonds is 8. The largest absolute Gasteiger partial charge is 0.494 e. The maximum Gasteiger partial charge on any atom is 0.255 e. The Hall–Kier alpha value is -2.60. The predicted molar refractivity (Wildman–Crippen MR) is 137 cm³/mol. The first-order chi connectivity index (χ1) is 15.5. The Morgan fingerprint density at radius 3 is 2.55 bits per heavy atom. The Labute approximate surface area is 210 Å². The van der Waals surface area contributed by atoms with Gasteiger partial charge in [-0.1, -0.05) is 18.2 Å². The first-order valence-electron chi connectivity index (χ1n) is 10.5. The Kier molecular flexibility index (Phi) is 10.7. The van der Waals surface area contributed by atoms with Gasteiger partial charge in [-0.15, -0.1) is 24.0 Å². The molecule has 3 N–H and O–H groups in total. The average Bonchev–Trinajstić information content (AvgIpc) is 2.79. The van der Waals surface area contributed by atoms with Gasteiger partial charge in [-0.3, -0.25) is 14.7 Å². The second-order valence-electron chi connectivity index (χ2n) is 7.54. The number of ether oxygens (including phenoxy) is 2. The Morgan fingerprint density at radius 1 is 1.15 bits per heavy atom. The molecule has 1 fully saturated rings. The molecule has 180 valence electrons. The Morgan fingerprint density at radius 2 is 1.91 bits per heavy atom. The van der Waals surface area contributed by atoms with Gasteiger partial charge in [0.25, 0.3) is 5.91 Å². The lowest BCUT2D eigenvalue weighted by Crippen LogP contribution is -2.52. The number of carbonyl (C=O) groups is 1. The van der Waals surface area contributed by atoms with Crippen molar-refractivity contribution >= 4 is 35.8 Å². The number of guanidine groups is 1. The van der Waals surface area contributed by atoms with Crippen molar-refractivity contribution in [1.82, 2.24) is 15.1 Å². The van der Waals surface area contributed by atoms with E-state index in [9.17, 15) is 9.18 Å². The summed E-state index contributed by atoms with van der Waals surface area (Å²) in [5.74, 6) is 0.839. The highest BCUT2D eigenvalue weighted by atomic mass is 127. The zero-order valence-electron chi connectivity index (χ0n) is 18.9. The number of carbonyl (C=O) groups excluding carboxylic acids is 1. The summed E-state index contributed by atoms with van der Waals surface area (Å²) in [5, 5.41) is 3.38. The monoisotopic (exact) mass is 571 g/mol. The van der Waals surface area contributed by atoms with E-state index >= 15 is 0 Å². The molecule has 0 bridgehead atoms. The minimum atomic E-state index is -0.509. The van der Waals surface area contributed by atoms with Crippen LogP contribution in [0.3, 0.4) is 0 Å². The topological polar surface area (TPSA) is 92.4 Å². The third-order valence-corrected chi connectivity index (χ3v) is 5.24. The number of hydrogen-bond acceptors (Lipinski definition) is 5. The number of piperazine rings is 1. The van der Waals surface area contributed by atoms with Gasteiger partial charge < -0.3 is 25.4 Å². The number of aliphatic imine (C=N–C) groups is 1. The molecule has 3 rings (SSSR count). The third-order valence-electron chi connectivity index (χ3n) is 5.24. The number of primary amides is 1. The third kappa shape index (κ3) is 8.04. The number of hydrogen-bond donors (Lipinski definition) is 2. The van der Waals surface area contributed by atoms with Crippen molar-refractivity contribution < 1.29 is 18.7 Å². The van der Waals surface area contributed by atoms with Crippen LogP contribution in [0.15, 0.2) is 47.5 Å². The molecule has 0 aliphatic carbocycles. The van der Waals surface area contributed by atoms with Crippen LogP contribution in [0, 0.1) is 5.82 Å². The minimum absolute atomic E-state index is 0. The van der Waals surface area contributed by atoms with E-state index < -0.39 is 5.91 Å². The lowest BCUT2D eigenvalue weighted by Gasteiger charge is -2.36. The number of amides is 1. The second kappa shape index (κ2) is 13.2. The van der Waals surface area contributed by atoms with Crippen LogP contribution < -0.4 is 20.5 Å². The van der Waals surface area contributed by atoms with Crippen LogP contribution in [-0.2, 0) is 17.9 Å². The number of methoxy groups -OCH3 is 1. The maximum atomic E-state index is 13.9. The number of nitrogens with two attached hydrogens (primary N) is 1. The van der Waals surface area contributed by atoms with Crippen LogP contribution in [0.5, 0.6) is 11.5 Å². The molecule has 0 aromatic heterocycles. The molecular formula is C23H31FIN5O3. The molecule has 1 amide bonds. The Bertz CT molecular complexity index is 951. The minimum Gasteiger partial charge on any atom is -0.494 e. The summed E-state index contributed by atoms with van der Waals surface area (Å²) in [4.78, 5) is 19.8. The van der Waals surface area contributed by atoms with E-state index in [1.807, 2.05) is 24.3 Å². The molecule has 0 spiro atoms. The highest BCUT2D eigenvalue weighted by molar-refractivity contribution is 14.0. The summed E-state index contributed by atoms with van der Waals surface area (Å²) in [5.41, 5.74) is 7.06. The van der Waals surface area contributed by atoms with Crippen LogP contribution in [-0.4, -0.2) is 68.6 Å². The molecule has 1 aliphatic heterocycles. The van der Waals surface area contributed by atoms with Crippen molar-refractivity contribution in [2.24, 2.45) is 10.7 Å². The highest BCUT2D eigenvalue weighted by Crippen LogP contribution is 2.19. The van der Waals surface area contributed by atoms with Gasteiger partial charge in [0.15, 0.2) is 24.1 Å². The molecule has 0 radical (unpaired) electrons. The normalized spacial score (nSPS) is 14.4. The lowest BCUT2D eigenvalue weighted by molar-refractivity contribution is -0.119. The number of halogens is 2. The molecule has 0 unspecified atom stereocenters. The molecule has 2 aromatic carbocycles. The summed E-state index contributed by atoms with van der Waals surface area (Å²) in [6.07, 6.45) is 0. The van der Waals surface area contributed by atoms with Gasteiger partial charge in [0, 0.05) is 46.3 Å². The van der Waals surface area contributed by atoms with Crippen molar-refractivity contribution in [1.29, 1.82) is 0 Å². The summed E-state index contributed by atoms with van der Waals surface area (Å²) in [6.45, 7) is 4.46. The van der Waals surface area contributed by atoms with Gasteiger partial charge in [0.1, 0.15) is 5.75 Å². The molecule has 1 aliphatic rings. The van der Waals surface area contributed by atoms with Gasteiger partial charge in [-0.2, -0.15) is 0 Å². The van der Waals surface area contributed by atoms with Crippen LogP contribution >= 0.6 is 24.0 Å². The summed E-state index contributed by atoms with van der Waals surface area (Å²) < 4.78 is 24.3. The molecule has 0 atom stereocenters. The van der Waals surface area contributed by atoms with Crippen molar-refractivity contribution in [2.75, 3.05) is 46.9 Å². The van der Waals surface area contributed by atoms with Crippen molar-refractivity contribution in [3.05, 3.63) is 59.4 Å². The molecule has 8 nitrogen and oxygen atoms in total. The van der Waals surface area contributed by atoms with E-state index in [0.29, 0.717) is 18.8 Å². The average molecular weight is 571 g/mol. The lowest BCUT2D eigenvalue weighted by atomic mass is 10.2. The zero-order chi connectivity index (χ0) is 22.9. The predicted octanol–water partition coefficient (Wildman–Crippen LogP) is 2.21. The first kappa shape index (κ1) is 26.7. The summed E-state index contributed by atoms with van der Waals surface area (Å²) >= 11 is 0. The van der Waals surface area contributed by atoms with E-state index in [0.717, 1.165) is 43.3 Å². The number of nitrogens with one attached hydrogen (secondary N) is 1. The van der Waals surface area contributed by atoms with Gasteiger partial charge in [-0.05, 0) is 35.4 Å². The molecule has 1 saturated heterocycles. The first-order valence-corrected chi connectivity index (χ1v) is 10.5. The van der Waals surface area contributed by atoms with E-state index in [1.54, 1.807) is 19.2 Å². The van der Waals surface area contributed by atoms with E-state index in [1.165, 1.54) is 13.2 Å². The van der Waals surface area contributed by atoms with Crippen LogP contribution in [0.25, 0.3) is 0 Å². The summed E-state index contributed by atoms with van der Waals surface area (Å²) in [7, 11) is 3.23. The molecule has 10 heteroatoms. The van der Waals surface area contributed by atoms with E-state index in [4.69, 9.17) is 15.2 Å².